The molecule has 0 saturated carbocycles. The second kappa shape index (κ2) is 26.2. The number of nitrogens with one attached hydrogen (secondary N) is 2. The smallest absolute Gasteiger partial charge is 0.550 e. The first-order valence-corrected chi connectivity index (χ1v) is 28.0. The summed E-state index contributed by atoms with van der Waals surface area (Å²) in [6.07, 6.45) is 5.67. The summed E-state index contributed by atoms with van der Waals surface area (Å²) in [5, 5.41) is 27.5. The van der Waals surface area contributed by atoms with Crippen LogP contribution in [0.25, 0.3) is 0 Å². The quantitative estimate of drug-likeness (QED) is 0.0574. The Kier molecular flexibility index (Phi) is 20.4. The molecule has 0 amide bonds. The minimum Gasteiger partial charge on any atom is -0.550 e. The Bertz CT molecular complexity index is 3010. The maximum Gasteiger partial charge on any atom is 2.00 e. The Hall–Kier alpha value is -5.92. The number of rotatable bonds is 20. The van der Waals surface area contributed by atoms with E-state index in [9.17, 15) is 45.4 Å². The number of anilines is 4. The Balaban J connectivity index is 0.000000241. The number of hydrogen-bond acceptors (Lipinski definition) is 14. The maximum atomic E-state index is 14.3. The van der Waals surface area contributed by atoms with E-state index in [4.69, 9.17) is 8.37 Å². The predicted molar refractivity (Wildman–Crippen MR) is 285 cm³/mol. The van der Waals surface area contributed by atoms with Gasteiger partial charge >= 0.3 is 58.0 Å². The van der Waals surface area contributed by atoms with Crippen LogP contribution in [0, 0.1) is 11.6 Å². The monoisotopic (exact) mass is 1090 g/mol. The summed E-state index contributed by atoms with van der Waals surface area (Å²) in [6, 6.07) is 37.0. The van der Waals surface area contributed by atoms with Crippen LogP contribution in [-0.4, -0.2) is 91.1 Å². The number of fused-ring (bicyclic) bond motifs is 2. The normalized spacial score (nSPS) is 15.0. The van der Waals surface area contributed by atoms with Crippen LogP contribution in [0.4, 0.5) is 31.5 Å². The zero-order chi connectivity index (χ0) is 53.2. The first-order valence-electron chi connectivity index (χ1n) is 24.3. The van der Waals surface area contributed by atoms with Crippen molar-refractivity contribution in [3.8, 4) is 11.5 Å². The summed E-state index contributed by atoms with van der Waals surface area (Å²) in [7, 11) is -7.51. The SMILES string of the molecule is CC1CCc2ccccc2N1Cc1ccc(CNc2ccc(CCC(=O)[O-])c(F)c2)cc1OS(C)(=O)=O.CC1CCc2ccccc2N1Cc1ccc(CNc2ccc(CCC(=O)[O-])c(F)c2)cc1OS(C)(=O)=O.[Ca+2]. The molecule has 0 saturated heterocycles. The van der Waals surface area contributed by atoms with Crippen LogP contribution in [-0.2, 0) is 81.7 Å². The van der Waals surface area contributed by atoms with Crippen LogP contribution < -0.4 is 39.0 Å². The molecule has 2 unspecified atom stereocenters. The van der Waals surface area contributed by atoms with E-state index in [0.29, 0.717) is 48.7 Å². The van der Waals surface area contributed by atoms with Crippen molar-refractivity contribution in [2.24, 2.45) is 0 Å². The number of para-hydroxylation sites is 2. The molecule has 0 radical (unpaired) electrons. The van der Waals surface area contributed by atoms with Gasteiger partial charge in [-0.1, -0.05) is 72.8 Å². The fraction of sp³-hybridized carbons (Fsp3) is 0.321. The van der Waals surface area contributed by atoms with Gasteiger partial charge in [0.25, 0.3) is 0 Å². The second-order valence-corrected chi connectivity index (χ2v) is 22.0. The first kappa shape index (κ1) is 58.3. The van der Waals surface area contributed by atoms with Gasteiger partial charge in [0.1, 0.15) is 23.1 Å². The summed E-state index contributed by atoms with van der Waals surface area (Å²) < 4.78 is 87.6. The van der Waals surface area contributed by atoms with Gasteiger partial charge < -0.3 is 48.6 Å². The van der Waals surface area contributed by atoms with Crippen LogP contribution in [0.5, 0.6) is 11.5 Å². The van der Waals surface area contributed by atoms with Gasteiger partial charge in [0.15, 0.2) is 0 Å². The number of carboxylic acids is 2. The molecule has 6 aromatic carbocycles. The van der Waals surface area contributed by atoms with Gasteiger partial charge in [-0.25, -0.2) is 8.78 Å². The Morgan fingerprint density at radius 1 is 0.573 bits per heavy atom. The van der Waals surface area contributed by atoms with E-state index in [1.165, 1.54) is 23.3 Å². The van der Waals surface area contributed by atoms with Crippen molar-refractivity contribution < 1.29 is 53.8 Å². The van der Waals surface area contributed by atoms with E-state index in [2.05, 4.69) is 58.5 Å². The number of aryl methyl sites for hydroxylation is 4. The van der Waals surface area contributed by atoms with Crippen LogP contribution in [0.2, 0.25) is 0 Å². The number of hydrogen-bond donors (Lipinski definition) is 2. The van der Waals surface area contributed by atoms with E-state index in [1.54, 1.807) is 36.4 Å². The molecule has 0 aliphatic carbocycles. The number of carboxylic acid groups (broad SMARTS) is 2. The molecule has 0 fully saturated rings. The summed E-state index contributed by atoms with van der Waals surface area (Å²) in [4.78, 5) is 25.8. The first-order chi connectivity index (χ1) is 35.2. The van der Waals surface area contributed by atoms with E-state index >= 15 is 0 Å². The summed E-state index contributed by atoms with van der Waals surface area (Å²) >= 11 is 0. The van der Waals surface area contributed by atoms with Crippen molar-refractivity contribution >= 4 is 92.7 Å². The van der Waals surface area contributed by atoms with E-state index < -0.39 is 43.8 Å². The number of halogens is 2. The average Bonchev–Trinajstić information content (AvgIpc) is 3.34. The number of benzene rings is 6. The second-order valence-electron chi connectivity index (χ2n) is 18.8. The molecule has 2 aliphatic rings. The van der Waals surface area contributed by atoms with Gasteiger partial charge in [-0.05, 0) is 147 Å². The molecular formula is C56H60CaF2N4O10S2. The fourth-order valence-corrected chi connectivity index (χ4v) is 10.1. The van der Waals surface area contributed by atoms with Crippen LogP contribution in [0.1, 0.15) is 84.0 Å². The fourth-order valence-electron chi connectivity index (χ4n) is 9.13. The molecule has 392 valence electrons. The van der Waals surface area contributed by atoms with Gasteiger partial charge in [-0.3, -0.25) is 0 Å². The standard InChI is InChI=1S/2C28H31FN2O5S.Ca/c2*1-19-7-9-22-5-3-4-6-26(22)31(19)18-23-10-8-20(15-27(23)36-37(2,34)35)17-30-24-13-11-21(25(29)16-24)12-14-28(32)33;/h2*3-6,8,10-11,13,15-16,19,30H,7,9,12,14,17-18H2,1-2H3,(H,32,33);/q;;+2/p-2. The van der Waals surface area contributed by atoms with Gasteiger partial charge in [-0.2, -0.15) is 16.8 Å². The number of aliphatic carboxylic acids is 2. The topological polar surface area (TPSA) is 198 Å². The maximum absolute atomic E-state index is 14.3. The molecule has 2 N–H and O–H groups in total. The van der Waals surface area contributed by atoms with E-state index in [1.807, 2.05) is 48.5 Å². The molecular weight excluding hydrogens is 1030 g/mol. The molecule has 2 atom stereocenters. The molecule has 2 aliphatic heterocycles. The van der Waals surface area contributed by atoms with Crippen molar-refractivity contribution in [2.45, 2.75) is 103 Å². The molecule has 75 heavy (non-hydrogen) atoms. The molecule has 0 bridgehead atoms. The van der Waals surface area contributed by atoms with Crippen molar-refractivity contribution in [3.05, 3.63) is 177 Å². The summed E-state index contributed by atoms with van der Waals surface area (Å²) in [6.45, 7) is 5.93. The molecule has 0 spiro atoms. The van der Waals surface area contributed by atoms with Crippen LogP contribution in [0.15, 0.2) is 121 Å². The zero-order valence-corrected chi connectivity index (χ0v) is 46.3. The Labute approximate surface area is 468 Å². The molecule has 14 nitrogen and oxygen atoms in total. The predicted octanol–water partition coefficient (Wildman–Crippen LogP) is 7.22. The minimum absolute atomic E-state index is 0. The molecule has 2 heterocycles. The van der Waals surface area contributed by atoms with Gasteiger partial charge in [-0.15, -0.1) is 0 Å². The van der Waals surface area contributed by atoms with Gasteiger partial charge in [0.05, 0.1) is 12.5 Å². The third-order valence-corrected chi connectivity index (χ3v) is 14.0. The number of carbonyl (C=O) groups is 2. The molecule has 6 aromatic rings. The van der Waals surface area contributed by atoms with Crippen LogP contribution >= 0.6 is 0 Å². The summed E-state index contributed by atoms with van der Waals surface area (Å²) in [5.41, 5.74) is 9.48. The van der Waals surface area contributed by atoms with Crippen molar-refractivity contribution in [3.63, 3.8) is 0 Å². The van der Waals surface area contributed by atoms with Gasteiger partial charge in [0.2, 0.25) is 0 Å². The largest absolute Gasteiger partial charge is 2.00 e. The molecule has 0 aromatic heterocycles. The van der Waals surface area contributed by atoms with E-state index in [-0.39, 0.29) is 87.0 Å². The van der Waals surface area contributed by atoms with Crippen molar-refractivity contribution in [1.29, 1.82) is 0 Å². The molecule has 8 rings (SSSR count). The minimum atomic E-state index is -3.76. The zero-order valence-electron chi connectivity index (χ0n) is 42.4. The van der Waals surface area contributed by atoms with Crippen molar-refractivity contribution in [2.75, 3.05) is 32.9 Å². The molecule has 19 heteroatoms. The Morgan fingerprint density at radius 3 is 1.31 bits per heavy atom. The third-order valence-electron chi connectivity index (χ3n) is 13.1. The van der Waals surface area contributed by atoms with Gasteiger partial charge in [0, 0.05) is 84.1 Å². The van der Waals surface area contributed by atoms with Crippen molar-refractivity contribution in [1.82, 2.24) is 0 Å². The number of nitrogens with zero attached hydrogens (tertiary/aromatic N) is 2. The third kappa shape index (κ3) is 17.0. The summed E-state index contributed by atoms with van der Waals surface area (Å²) in [5.74, 6) is -2.92. The van der Waals surface area contributed by atoms with E-state index in [0.717, 1.165) is 71.8 Å². The number of carbonyl (C=O) groups excluding carboxylic acids is 2. The van der Waals surface area contributed by atoms with Crippen LogP contribution in [0.3, 0.4) is 0 Å². The average molecular weight is 1090 g/mol. The Morgan fingerprint density at radius 2 is 0.947 bits per heavy atom.